The number of hydroxylamine groups is 1. The zero-order valence-electron chi connectivity index (χ0n) is 18.9. The van der Waals surface area contributed by atoms with Crippen LogP contribution in [0.1, 0.15) is 11.6 Å². The van der Waals surface area contributed by atoms with Crippen LogP contribution in [0.3, 0.4) is 0 Å². The van der Waals surface area contributed by atoms with Gasteiger partial charge in [-0.2, -0.15) is 0 Å². The molecular weight excluding hydrogens is 454 g/mol. The van der Waals surface area contributed by atoms with Crippen molar-refractivity contribution < 1.29 is 28.8 Å². The Kier molecular flexibility index (Phi) is 5.58. The molecule has 2 fully saturated rings. The highest BCUT2D eigenvalue weighted by Crippen LogP contribution is 2.48. The molecule has 2 aliphatic rings. The lowest BCUT2D eigenvalue weighted by Gasteiger charge is -2.29. The van der Waals surface area contributed by atoms with Crippen LogP contribution >= 0.6 is 0 Å². The number of hydrogen-bond donors (Lipinski definition) is 0. The number of rotatable bonds is 6. The first kappa shape index (κ1) is 22.4. The van der Waals surface area contributed by atoms with Gasteiger partial charge in [0.25, 0.3) is 11.6 Å². The highest BCUT2D eigenvalue weighted by molar-refractivity contribution is 6.24. The Bertz CT molecular complexity index is 1280. The van der Waals surface area contributed by atoms with Gasteiger partial charge in [-0.25, -0.2) is 9.96 Å². The molecule has 0 radical (unpaired) electrons. The quantitative estimate of drug-likeness (QED) is 0.302. The predicted octanol–water partition coefficient (Wildman–Crippen LogP) is 3.66. The first-order valence-electron chi connectivity index (χ1n) is 10.8. The van der Waals surface area contributed by atoms with Gasteiger partial charge in [0.05, 0.1) is 36.6 Å². The van der Waals surface area contributed by atoms with Crippen LogP contribution in [0.2, 0.25) is 0 Å². The molecule has 0 aliphatic carbocycles. The van der Waals surface area contributed by atoms with E-state index in [4.69, 9.17) is 14.3 Å². The predicted molar refractivity (Wildman–Crippen MR) is 125 cm³/mol. The summed E-state index contributed by atoms with van der Waals surface area (Å²) in [6.45, 7) is 0. The van der Waals surface area contributed by atoms with E-state index in [1.807, 2.05) is 12.1 Å². The molecule has 2 heterocycles. The third-order valence-electron chi connectivity index (χ3n) is 6.22. The number of nitrogens with zero attached hydrogens (tertiary/aromatic N) is 3. The maximum atomic E-state index is 13.6. The number of amides is 2. The molecule has 0 spiro atoms. The second-order valence-corrected chi connectivity index (χ2v) is 8.08. The van der Waals surface area contributed by atoms with Crippen molar-refractivity contribution in [3.05, 3.63) is 88.5 Å². The smallest absolute Gasteiger partial charge is 0.269 e. The summed E-state index contributed by atoms with van der Waals surface area (Å²) in [7, 11) is 3.13. The van der Waals surface area contributed by atoms with Gasteiger partial charge in [0.1, 0.15) is 17.4 Å². The number of ether oxygens (including phenoxy) is 2. The van der Waals surface area contributed by atoms with Crippen LogP contribution in [0.4, 0.5) is 17.1 Å². The van der Waals surface area contributed by atoms with E-state index >= 15 is 0 Å². The van der Waals surface area contributed by atoms with Gasteiger partial charge in [-0.05, 0) is 54.1 Å². The van der Waals surface area contributed by atoms with Crippen molar-refractivity contribution in [1.82, 2.24) is 0 Å². The monoisotopic (exact) mass is 475 g/mol. The number of imide groups is 1. The average Bonchev–Trinajstić information content (AvgIpc) is 3.40. The molecule has 3 aromatic carbocycles. The van der Waals surface area contributed by atoms with Crippen molar-refractivity contribution in [2.45, 2.75) is 12.1 Å². The molecule has 3 atom stereocenters. The number of anilines is 2. The Morgan fingerprint density at radius 2 is 1.34 bits per heavy atom. The molecule has 0 aromatic heterocycles. The largest absolute Gasteiger partial charge is 0.497 e. The fourth-order valence-electron chi connectivity index (χ4n) is 4.49. The number of carbonyl (C=O) groups is 2. The summed E-state index contributed by atoms with van der Waals surface area (Å²) in [6.07, 6.45) is -1.05. The first-order chi connectivity index (χ1) is 16.9. The van der Waals surface area contributed by atoms with Gasteiger partial charge in [0.15, 0.2) is 6.10 Å². The molecule has 2 amide bonds. The molecule has 10 heteroatoms. The van der Waals surface area contributed by atoms with Gasteiger partial charge < -0.3 is 9.47 Å². The minimum Gasteiger partial charge on any atom is -0.497 e. The number of fused-ring (bicyclic) bond motifs is 1. The van der Waals surface area contributed by atoms with E-state index in [0.717, 1.165) is 10.5 Å². The molecule has 0 bridgehead atoms. The van der Waals surface area contributed by atoms with Crippen LogP contribution in [-0.4, -0.2) is 37.1 Å². The van der Waals surface area contributed by atoms with Crippen LogP contribution < -0.4 is 19.4 Å². The molecular formula is C25H21N3O7. The molecule has 10 nitrogen and oxygen atoms in total. The number of non-ortho nitro benzene ring substituents is 1. The Balaban J connectivity index is 1.54. The Morgan fingerprint density at radius 1 is 0.800 bits per heavy atom. The number of benzene rings is 3. The second-order valence-electron chi connectivity index (χ2n) is 8.08. The van der Waals surface area contributed by atoms with Gasteiger partial charge in [-0.15, -0.1) is 0 Å². The van der Waals surface area contributed by atoms with E-state index in [1.54, 1.807) is 55.7 Å². The summed E-state index contributed by atoms with van der Waals surface area (Å²) >= 11 is 0. The van der Waals surface area contributed by atoms with E-state index in [2.05, 4.69) is 0 Å². The summed E-state index contributed by atoms with van der Waals surface area (Å²) in [5, 5.41) is 12.6. The lowest BCUT2D eigenvalue weighted by molar-refractivity contribution is -0.384. The van der Waals surface area contributed by atoms with Crippen molar-refractivity contribution in [3.63, 3.8) is 0 Å². The number of methoxy groups -OCH3 is 2. The highest BCUT2D eigenvalue weighted by atomic mass is 16.7. The normalized spacial score (nSPS) is 21.3. The summed E-state index contributed by atoms with van der Waals surface area (Å²) in [4.78, 5) is 44.6. The van der Waals surface area contributed by atoms with E-state index in [1.165, 1.54) is 24.3 Å². The number of hydrogen-bond acceptors (Lipinski definition) is 8. The fourth-order valence-corrected chi connectivity index (χ4v) is 4.49. The average molecular weight is 475 g/mol. The fraction of sp³-hybridized carbons (Fsp3) is 0.200. The molecule has 3 aromatic rings. The van der Waals surface area contributed by atoms with Crippen LogP contribution in [0.15, 0.2) is 72.8 Å². The van der Waals surface area contributed by atoms with Gasteiger partial charge in [0.2, 0.25) is 5.91 Å². The SMILES string of the molecule is COc1ccc([C@@H]2[C@@H]3C(=O)N(c4ccc([N+](=O)[O-])cc4)C(=O)[C@@H]3ON2c2ccc(OC)cc2)cc1. The maximum Gasteiger partial charge on any atom is 0.269 e. The molecule has 2 aliphatic heterocycles. The maximum absolute atomic E-state index is 13.6. The van der Waals surface area contributed by atoms with Crippen LogP contribution in [0.5, 0.6) is 11.5 Å². The molecule has 0 unspecified atom stereocenters. The van der Waals surface area contributed by atoms with Gasteiger partial charge in [-0.1, -0.05) is 12.1 Å². The molecule has 35 heavy (non-hydrogen) atoms. The second kappa shape index (κ2) is 8.73. The van der Waals surface area contributed by atoms with Crippen LogP contribution in [0, 0.1) is 16.0 Å². The number of carbonyl (C=O) groups excluding carboxylic acids is 2. The van der Waals surface area contributed by atoms with Crippen molar-refractivity contribution in [2.24, 2.45) is 5.92 Å². The summed E-state index contributed by atoms with van der Waals surface area (Å²) in [6, 6.07) is 19.0. The van der Waals surface area contributed by atoms with Crippen molar-refractivity contribution >= 4 is 28.9 Å². The Labute approximate surface area is 200 Å². The molecule has 0 saturated carbocycles. The third kappa shape index (κ3) is 3.73. The third-order valence-corrected chi connectivity index (χ3v) is 6.22. The van der Waals surface area contributed by atoms with E-state index in [9.17, 15) is 19.7 Å². The standard InChI is InChI=1S/C25H21N3O7/c1-33-19-11-3-15(4-12-19)22-21-23(35-27(22)17-9-13-20(34-2)14-10-17)25(30)26(24(21)29)16-5-7-18(8-6-16)28(31)32/h3-14,21-23H,1-2H3/t21-,22+,23+/m0/s1. The molecule has 0 N–H and O–H groups in total. The van der Waals surface area contributed by atoms with E-state index in [0.29, 0.717) is 17.2 Å². The lowest BCUT2D eigenvalue weighted by atomic mass is 9.90. The summed E-state index contributed by atoms with van der Waals surface area (Å²) < 4.78 is 10.5. The van der Waals surface area contributed by atoms with Gasteiger partial charge in [0, 0.05) is 12.1 Å². The number of nitro benzene ring substituents is 1. The minimum atomic E-state index is -1.05. The highest BCUT2D eigenvalue weighted by Gasteiger charge is 2.60. The molecule has 178 valence electrons. The van der Waals surface area contributed by atoms with Crippen molar-refractivity contribution in [1.29, 1.82) is 0 Å². The van der Waals surface area contributed by atoms with E-state index < -0.39 is 34.8 Å². The van der Waals surface area contributed by atoms with Crippen molar-refractivity contribution in [3.8, 4) is 11.5 Å². The summed E-state index contributed by atoms with van der Waals surface area (Å²) in [5.41, 5.74) is 1.54. The molecule has 2 saturated heterocycles. The Hall–Kier alpha value is -4.44. The zero-order chi connectivity index (χ0) is 24.7. The first-order valence-corrected chi connectivity index (χ1v) is 10.8. The zero-order valence-corrected chi connectivity index (χ0v) is 18.9. The number of nitro groups is 1. The van der Waals surface area contributed by atoms with Gasteiger partial charge >= 0.3 is 0 Å². The minimum absolute atomic E-state index is 0.133. The van der Waals surface area contributed by atoms with Crippen LogP contribution in [0.25, 0.3) is 0 Å². The Morgan fingerprint density at radius 3 is 1.89 bits per heavy atom. The van der Waals surface area contributed by atoms with Crippen molar-refractivity contribution in [2.75, 3.05) is 24.2 Å². The summed E-state index contributed by atoms with van der Waals surface area (Å²) in [5.74, 6) is -0.477. The van der Waals surface area contributed by atoms with E-state index in [-0.39, 0.29) is 11.4 Å². The van der Waals surface area contributed by atoms with Crippen LogP contribution in [-0.2, 0) is 14.4 Å². The van der Waals surface area contributed by atoms with Gasteiger partial charge in [-0.3, -0.25) is 24.5 Å². The molecule has 5 rings (SSSR count). The lowest BCUT2D eigenvalue weighted by Crippen LogP contribution is -2.37. The topological polar surface area (TPSA) is 111 Å².